The number of sulfonamides is 1. The minimum Gasteiger partial charge on any atom is -0.349 e. The summed E-state index contributed by atoms with van der Waals surface area (Å²) in [5.41, 5.74) is 0.782. The summed E-state index contributed by atoms with van der Waals surface area (Å²) in [6.45, 7) is 6.20. The van der Waals surface area contributed by atoms with E-state index >= 15 is 0 Å². The van der Waals surface area contributed by atoms with Gasteiger partial charge in [-0.1, -0.05) is 26.0 Å². The Morgan fingerprint density at radius 1 is 1.27 bits per heavy atom. The maximum absolute atomic E-state index is 12.4. The second-order valence-electron chi connectivity index (χ2n) is 4.78. The fourth-order valence-corrected chi connectivity index (χ4v) is 3.55. The van der Waals surface area contributed by atoms with Crippen LogP contribution in [0.5, 0.6) is 0 Å². The number of amides is 1. The minimum absolute atomic E-state index is 0.196. The van der Waals surface area contributed by atoms with E-state index < -0.39 is 10.0 Å². The summed E-state index contributed by atoms with van der Waals surface area (Å²) >= 11 is 0. The molecule has 6 nitrogen and oxygen atoms in total. The highest BCUT2D eigenvalue weighted by Crippen LogP contribution is 2.19. The zero-order chi connectivity index (χ0) is 16.8. The molecule has 0 aliphatic rings. The van der Waals surface area contributed by atoms with E-state index in [4.69, 9.17) is 5.26 Å². The lowest BCUT2D eigenvalue weighted by Gasteiger charge is -2.19. The van der Waals surface area contributed by atoms with Crippen LogP contribution < -0.4 is 5.32 Å². The Balaban J connectivity index is 2.91. The van der Waals surface area contributed by atoms with Gasteiger partial charge in [0.1, 0.15) is 6.42 Å². The molecule has 0 fully saturated rings. The first-order chi connectivity index (χ1) is 10.4. The summed E-state index contributed by atoms with van der Waals surface area (Å²) in [6, 6.07) is 7.92. The van der Waals surface area contributed by atoms with E-state index in [2.05, 4.69) is 5.32 Å². The predicted molar refractivity (Wildman–Crippen MR) is 83.3 cm³/mol. The van der Waals surface area contributed by atoms with Crippen molar-refractivity contribution in [1.82, 2.24) is 9.62 Å². The van der Waals surface area contributed by atoms with Crippen LogP contribution in [0.1, 0.15) is 38.8 Å². The topological polar surface area (TPSA) is 90.3 Å². The van der Waals surface area contributed by atoms with Gasteiger partial charge in [0.25, 0.3) is 0 Å². The fraction of sp³-hybridized carbons (Fsp3) is 0.467. The summed E-state index contributed by atoms with van der Waals surface area (Å²) in [4.78, 5) is 11.6. The zero-order valence-corrected chi connectivity index (χ0v) is 13.9. The van der Waals surface area contributed by atoms with Gasteiger partial charge in [0.05, 0.1) is 17.0 Å². The molecule has 22 heavy (non-hydrogen) atoms. The van der Waals surface area contributed by atoms with Gasteiger partial charge >= 0.3 is 0 Å². The van der Waals surface area contributed by atoms with Gasteiger partial charge in [0.2, 0.25) is 15.9 Å². The van der Waals surface area contributed by atoms with Crippen molar-refractivity contribution in [2.45, 2.75) is 38.1 Å². The van der Waals surface area contributed by atoms with Crippen molar-refractivity contribution in [3.8, 4) is 6.07 Å². The smallest absolute Gasteiger partial charge is 0.243 e. The molecular formula is C15H21N3O3S. The van der Waals surface area contributed by atoms with E-state index in [0.717, 1.165) is 5.56 Å². The molecule has 1 N–H and O–H groups in total. The van der Waals surface area contributed by atoms with E-state index in [1.165, 1.54) is 16.4 Å². The molecule has 1 unspecified atom stereocenters. The van der Waals surface area contributed by atoms with E-state index in [-0.39, 0.29) is 23.3 Å². The third kappa shape index (κ3) is 4.29. The second kappa shape index (κ2) is 7.92. The van der Waals surface area contributed by atoms with Gasteiger partial charge < -0.3 is 5.32 Å². The Kier molecular flexibility index (Phi) is 6.53. The summed E-state index contributed by atoms with van der Waals surface area (Å²) in [5.74, 6) is -0.352. The molecule has 1 atom stereocenters. The number of carbonyl (C=O) groups is 1. The van der Waals surface area contributed by atoms with Gasteiger partial charge in [-0.25, -0.2) is 8.42 Å². The Hall–Kier alpha value is -1.91. The molecule has 7 heteroatoms. The van der Waals surface area contributed by atoms with Crippen molar-refractivity contribution in [1.29, 1.82) is 5.26 Å². The van der Waals surface area contributed by atoms with Crippen LogP contribution in [0.4, 0.5) is 0 Å². The van der Waals surface area contributed by atoms with Gasteiger partial charge in [-0.15, -0.1) is 0 Å². The van der Waals surface area contributed by atoms with Crippen molar-refractivity contribution < 1.29 is 13.2 Å². The number of nitrogens with zero attached hydrogens (tertiary/aromatic N) is 2. The first-order valence-electron chi connectivity index (χ1n) is 7.13. The summed E-state index contributed by atoms with van der Waals surface area (Å²) < 4.78 is 26.1. The van der Waals surface area contributed by atoms with E-state index in [1.54, 1.807) is 39.0 Å². The number of benzene rings is 1. The molecule has 1 amide bonds. The highest BCUT2D eigenvalue weighted by atomic mass is 32.2. The lowest BCUT2D eigenvalue weighted by Crippen LogP contribution is -2.30. The van der Waals surface area contributed by atoms with Gasteiger partial charge in [0.15, 0.2) is 0 Å². The quantitative estimate of drug-likeness (QED) is 0.828. The lowest BCUT2D eigenvalue weighted by molar-refractivity contribution is -0.120. The van der Waals surface area contributed by atoms with Crippen molar-refractivity contribution in [3.63, 3.8) is 0 Å². The van der Waals surface area contributed by atoms with Gasteiger partial charge in [-0.2, -0.15) is 9.57 Å². The first-order valence-corrected chi connectivity index (χ1v) is 8.57. The molecule has 0 saturated carbocycles. The van der Waals surface area contributed by atoms with Gasteiger partial charge in [-0.05, 0) is 24.6 Å². The minimum atomic E-state index is -3.47. The van der Waals surface area contributed by atoms with E-state index in [1.807, 2.05) is 0 Å². The molecule has 1 aromatic rings. The standard InChI is InChI=1S/C15H21N3O3S/c1-4-18(5-2)22(20,21)14-8-6-13(7-9-14)12(3)17-15(19)10-11-16/h6-9,12H,4-5,10H2,1-3H3,(H,17,19). The number of nitriles is 1. The average molecular weight is 323 g/mol. The van der Waals surface area contributed by atoms with Gasteiger partial charge in [0, 0.05) is 13.1 Å². The molecule has 0 radical (unpaired) electrons. The largest absolute Gasteiger partial charge is 0.349 e. The van der Waals surface area contributed by atoms with E-state index in [9.17, 15) is 13.2 Å². The molecule has 1 aromatic carbocycles. The summed E-state index contributed by atoms with van der Waals surface area (Å²) in [6.07, 6.45) is -0.196. The highest BCUT2D eigenvalue weighted by molar-refractivity contribution is 7.89. The maximum Gasteiger partial charge on any atom is 0.243 e. The Bertz CT molecular complexity index is 644. The molecule has 0 spiro atoms. The zero-order valence-electron chi connectivity index (χ0n) is 13.0. The lowest BCUT2D eigenvalue weighted by atomic mass is 10.1. The Morgan fingerprint density at radius 3 is 2.27 bits per heavy atom. The van der Waals surface area contributed by atoms with Gasteiger partial charge in [-0.3, -0.25) is 4.79 Å². The molecule has 0 bridgehead atoms. The summed E-state index contributed by atoms with van der Waals surface area (Å²) in [7, 11) is -3.47. The Labute approximate surface area is 131 Å². The third-order valence-electron chi connectivity index (χ3n) is 3.34. The number of carbonyl (C=O) groups excluding carboxylic acids is 1. The molecule has 0 aliphatic carbocycles. The van der Waals surface area contributed by atoms with Crippen LogP contribution in [-0.4, -0.2) is 31.7 Å². The highest BCUT2D eigenvalue weighted by Gasteiger charge is 2.21. The molecular weight excluding hydrogens is 302 g/mol. The van der Waals surface area contributed by atoms with Crippen molar-refractivity contribution in [2.75, 3.05) is 13.1 Å². The number of rotatable bonds is 7. The fourth-order valence-electron chi connectivity index (χ4n) is 2.09. The monoisotopic (exact) mass is 323 g/mol. The molecule has 0 aliphatic heterocycles. The number of hydrogen-bond donors (Lipinski definition) is 1. The van der Waals surface area contributed by atoms with Crippen LogP contribution in [0.3, 0.4) is 0 Å². The third-order valence-corrected chi connectivity index (χ3v) is 5.40. The summed E-state index contributed by atoms with van der Waals surface area (Å²) in [5, 5.41) is 11.1. The van der Waals surface area contributed by atoms with Crippen LogP contribution in [0.2, 0.25) is 0 Å². The molecule has 0 aromatic heterocycles. The molecule has 0 saturated heterocycles. The molecule has 0 heterocycles. The SMILES string of the molecule is CCN(CC)S(=O)(=O)c1ccc(C(C)NC(=O)CC#N)cc1. The van der Waals surface area contributed by atoms with Crippen LogP contribution in [0, 0.1) is 11.3 Å². The molecule has 120 valence electrons. The van der Waals surface area contributed by atoms with Crippen LogP contribution in [-0.2, 0) is 14.8 Å². The van der Waals surface area contributed by atoms with Crippen LogP contribution in [0.15, 0.2) is 29.2 Å². The normalized spacial score (nSPS) is 12.7. The van der Waals surface area contributed by atoms with Crippen molar-refractivity contribution >= 4 is 15.9 Å². The second-order valence-corrected chi connectivity index (χ2v) is 6.72. The average Bonchev–Trinajstić information content (AvgIpc) is 2.48. The van der Waals surface area contributed by atoms with Crippen LogP contribution in [0.25, 0.3) is 0 Å². The number of hydrogen-bond acceptors (Lipinski definition) is 4. The first kappa shape index (κ1) is 18.1. The van der Waals surface area contributed by atoms with Crippen LogP contribution >= 0.6 is 0 Å². The maximum atomic E-state index is 12.4. The Morgan fingerprint density at radius 2 is 1.82 bits per heavy atom. The van der Waals surface area contributed by atoms with Crippen molar-refractivity contribution in [3.05, 3.63) is 29.8 Å². The molecule has 1 rings (SSSR count). The number of nitrogens with one attached hydrogen (secondary N) is 1. The predicted octanol–water partition coefficient (Wildman–Crippen LogP) is 1.81. The van der Waals surface area contributed by atoms with Crippen molar-refractivity contribution in [2.24, 2.45) is 0 Å². The van der Waals surface area contributed by atoms with E-state index in [0.29, 0.717) is 13.1 Å².